The van der Waals surface area contributed by atoms with Crippen molar-refractivity contribution in [1.29, 1.82) is 0 Å². The van der Waals surface area contributed by atoms with Crippen LogP contribution >= 0.6 is 11.3 Å². The summed E-state index contributed by atoms with van der Waals surface area (Å²) in [6.45, 7) is 5.78. The zero-order valence-corrected chi connectivity index (χ0v) is 13.5. The lowest BCUT2D eigenvalue weighted by Gasteiger charge is -2.34. The normalized spacial score (nSPS) is 16.8. The highest BCUT2D eigenvalue weighted by Crippen LogP contribution is 2.33. The molecule has 1 aliphatic heterocycles. The lowest BCUT2D eigenvalue weighted by molar-refractivity contribution is -0.140. The SMILES string of the molecule is Cc1ncccc1CN1CCN(c2nc(C(F)(F)F)cs2)CC1. The van der Waals surface area contributed by atoms with Gasteiger partial charge >= 0.3 is 6.18 Å². The van der Waals surface area contributed by atoms with Gasteiger partial charge in [0.25, 0.3) is 0 Å². The average molecular weight is 342 g/mol. The van der Waals surface area contributed by atoms with E-state index < -0.39 is 11.9 Å². The molecule has 23 heavy (non-hydrogen) atoms. The van der Waals surface area contributed by atoms with Crippen molar-refractivity contribution in [3.63, 3.8) is 0 Å². The first-order valence-electron chi connectivity index (χ1n) is 7.34. The maximum absolute atomic E-state index is 12.6. The van der Waals surface area contributed by atoms with Crippen molar-refractivity contribution >= 4 is 16.5 Å². The predicted molar refractivity (Wildman–Crippen MR) is 83.6 cm³/mol. The summed E-state index contributed by atoms with van der Waals surface area (Å²) in [6, 6.07) is 3.98. The van der Waals surface area contributed by atoms with Crippen molar-refractivity contribution < 1.29 is 13.2 Å². The Morgan fingerprint density at radius 1 is 1.22 bits per heavy atom. The number of nitrogens with zero attached hydrogens (tertiary/aromatic N) is 4. The van der Waals surface area contributed by atoms with Gasteiger partial charge in [-0.2, -0.15) is 13.2 Å². The Balaban J connectivity index is 1.58. The van der Waals surface area contributed by atoms with Crippen molar-refractivity contribution in [2.45, 2.75) is 19.6 Å². The molecule has 0 N–H and O–H groups in total. The molecule has 0 atom stereocenters. The average Bonchev–Trinajstić information content (AvgIpc) is 3.00. The van der Waals surface area contributed by atoms with Crippen molar-refractivity contribution in [2.24, 2.45) is 0 Å². The van der Waals surface area contributed by atoms with Crippen LogP contribution in [0.5, 0.6) is 0 Å². The number of thiazole rings is 1. The molecule has 0 bridgehead atoms. The highest BCUT2D eigenvalue weighted by molar-refractivity contribution is 7.13. The minimum absolute atomic E-state index is 0.453. The number of anilines is 1. The number of halogens is 3. The number of piperazine rings is 1. The fourth-order valence-corrected chi connectivity index (χ4v) is 3.45. The van der Waals surface area contributed by atoms with Crippen LogP contribution in [0.15, 0.2) is 23.7 Å². The Hall–Kier alpha value is -1.67. The van der Waals surface area contributed by atoms with Gasteiger partial charge in [0, 0.05) is 50.0 Å². The van der Waals surface area contributed by atoms with Gasteiger partial charge in [0.15, 0.2) is 10.8 Å². The highest BCUT2D eigenvalue weighted by atomic mass is 32.1. The first-order chi connectivity index (χ1) is 10.9. The summed E-state index contributed by atoms with van der Waals surface area (Å²) in [6.07, 6.45) is -2.59. The molecule has 0 saturated carbocycles. The summed E-state index contributed by atoms with van der Waals surface area (Å²) in [5.41, 5.74) is 1.41. The van der Waals surface area contributed by atoms with Gasteiger partial charge in [-0.25, -0.2) is 4.98 Å². The monoisotopic (exact) mass is 342 g/mol. The Morgan fingerprint density at radius 3 is 2.57 bits per heavy atom. The number of aryl methyl sites for hydroxylation is 1. The van der Waals surface area contributed by atoms with E-state index >= 15 is 0 Å². The molecular formula is C15H17F3N4S. The maximum atomic E-state index is 12.6. The van der Waals surface area contributed by atoms with Crippen molar-refractivity contribution in [2.75, 3.05) is 31.1 Å². The van der Waals surface area contributed by atoms with E-state index in [9.17, 15) is 13.2 Å². The van der Waals surface area contributed by atoms with E-state index in [2.05, 4.69) is 20.9 Å². The number of hydrogen-bond donors (Lipinski definition) is 0. The van der Waals surface area contributed by atoms with Crippen LogP contribution in [0.25, 0.3) is 0 Å². The standard InChI is InChI=1S/C15H17F3N4S/c1-11-12(3-2-4-19-11)9-21-5-7-22(8-6-21)14-20-13(10-23-14)15(16,17)18/h2-4,10H,5-9H2,1H3. The van der Waals surface area contributed by atoms with E-state index in [4.69, 9.17) is 0 Å². The molecule has 4 nitrogen and oxygen atoms in total. The van der Waals surface area contributed by atoms with E-state index in [1.165, 1.54) is 5.56 Å². The number of alkyl halides is 3. The molecule has 2 aromatic rings. The molecule has 0 unspecified atom stereocenters. The van der Waals surface area contributed by atoms with Crippen molar-refractivity contribution in [3.8, 4) is 0 Å². The summed E-state index contributed by atoms with van der Waals surface area (Å²) in [4.78, 5) is 12.2. The van der Waals surface area contributed by atoms with Crippen LogP contribution in [0, 0.1) is 6.92 Å². The van der Waals surface area contributed by atoms with Crippen LogP contribution in [-0.2, 0) is 12.7 Å². The Morgan fingerprint density at radius 2 is 1.96 bits per heavy atom. The third kappa shape index (κ3) is 3.81. The molecule has 3 rings (SSSR count). The van der Waals surface area contributed by atoms with E-state index in [1.54, 1.807) is 6.20 Å². The molecule has 0 radical (unpaired) electrons. The molecule has 0 aliphatic carbocycles. The largest absolute Gasteiger partial charge is 0.434 e. The van der Waals surface area contributed by atoms with Crippen molar-refractivity contribution in [1.82, 2.24) is 14.9 Å². The van der Waals surface area contributed by atoms with Crippen LogP contribution in [-0.4, -0.2) is 41.0 Å². The molecule has 8 heteroatoms. The molecule has 1 saturated heterocycles. The van der Waals surface area contributed by atoms with Gasteiger partial charge < -0.3 is 4.90 Å². The van der Waals surface area contributed by atoms with Gasteiger partial charge in [-0.3, -0.25) is 9.88 Å². The summed E-state index contributed by atoms with van der Waals surface area (Å²) >= 11 is 1.06. The number of rotatable bonds is 3. The van der Waals surface area contributed by atoms with Crippen LogP contribution in [0.1, 0.15) is 17.0 Å². The molecule has 1 fully saturated rings. The second kappa shape index (κ2) is 6.45. The quantitative estimate of drug-likeness (QED) is 0.858. The van der Waals surface area contributed by atoms with Gasteiger partial charge in [0.05, 0.1) is 0 Å². The third-order valence-corrected chi connectivity index (χ3v) is 4.84. The molecule has 0 aromatic carbocycles. The smallest absolute Gasteiger partial charge is 0.346 e. The van der Waals surface area contributed by atoms with E-state index in [-0.39, 0.29) is 0 Å². The topological polar surface area (TPSA) is 32.3 Å². The number of pyridine rings is 1. The molecule has 124 valence electrons. The van der Waals surface area contributed by atoms with Gasteiger partial charge in [0.1, 0.15) is 0 Å². The second-order valence-corrected chi connectivity index (χ2v) is 6.36. The zero-order valence-electron chi connectivity index (χ0n) is 12.7. The molecule has 1 aliphatic rings. The molecular weight excluding hydrogens is 325 g/mol. The molecule has 3 heterocycles. The summed E-state index contributed by atoms with van der Waals surface area (Å²) in [5, 5.41) is 1.54. The molecule has 0 spiro atoms. The maximum Gasteiger partial charge on any atom is 0.434 e. The Bertz CT molecular complexity index is 663. The Labute approximate surface area is 136 Å². The highest BCUT2D eigenvalue weighted by Gasteiger charge is 2.34. The Kier molecular flexibility index (Phi) is 4.54. The van der Waals surface area contributed by atoms with E-state index in [1.807, 2.05) is 17.9 Å². The minimum atomic E-state index is -4.37. The van der Waals surface area contributed by atoms with E-state index in [0.29, 0.717) is 18.2 Å². The first kappa shape index (κ1) is 16.2. The zero-order chi connectivity index (χ0) is 16.4. The summed E-state index contributed by atoms with van der Waals surface area (Å²) < 4.78 is 37.9. The second-order valence-electron chi connectivity index (χ2n) is 5.52. The third-order valence-electron chi connectivity index (χ3n) is 3.94. The van der Waals surface area contributed by atoms with Gasteiger partial charge in [-0.05, 0) is 18.6 Å². The summed E-state index contributed by atoms with van der Waals surface area (Å²) in [5.74, 6) is 0. The van der Waals surface area contributed by atoms with Gasteiger partial charge in [-0.1, -0.05) is 6.07 Å². The van der Waals surface area contributed by atoms with Gasteiger partial charge in [-0.15, -0.1) is 11.3 Å². The lowest BCUT2D eigenvalue weighted by atomic mass is 10.2. The van der Waals surface area contributed by atoms with Crippen molar-refractivity contribution in [3.05, 3.63) is 40.7 Å². The lowest BCUT2D eigenvalue weighted by Crippen LogP contribution is -2.46. The predicted octanol–water partition coefficient (Wildman–Crippen LogP) is 3.19. The van der Waals surface area contributed by atoms with Crippen LogP contribution in [0.3, 0.4) is 0 Å². The first-order valence-corrected chi connectivity index (χ1v) is 8.22. The van der Waals surface area contributed by atoms with Crippen LogP contribution in [0.2, 0.25) is 0 Å². The molecule has 2 aromatic heterocycles. The minimum Gasteiger partial charge on any atom is -0.346 e. The fraction of sp³-hybridized carbons (Fsp3) is 0.467. The number of hydrogen-bond acceptors (Lipinski definition) is 5. The van der Waals surface area contributed by atoms with Gasteiger partial charge in [0.2, 0.25) is 0 Å². The molecule has 0 amide bonds. The summed E-state index contributed by atoms with van der Waals surface area (Å²) in [7, 11) is 0. The fourth-order valence-electron chi connectivity index (χ4n) is 2.56. The van der Waals surface area contributed by atoms with Crippen LogP contribution in [0.4, 0.5) is 18.3 Å². The number of aromatic nitrogens is 2. The van der Waals surface area contributed by atoms with Crippen LogP contribution < -0.4 is 4.90 Å². The van der Waals surface area contributed by atoms with E-state index in [0.717, 1.165) is 42.0 Å².